The molecule has 0 saturated heterocycles. The molecule has 1 atom stereocenters. The lowest BCUT2D eigenvalue weighted by molar-refractivity contribution is -0.274. The summed E-state index contributed by atoms with van der Waals surface area (Å²) >= 11 is -0.286. The van der Waals surface area contributed by atoms with Crippen LogP contribution in [0.15, 0.2) is 70.9 Å². The average molecular weight is 555 g/mol. The summed E-state index contributed by atoms with van der Waals surface area (Å²) in [4.78, 5) is 13.0. The summed E-state index contributed by atoms with van der Waals surface area (Å²) in [7, 11) is 0. The molecule has 3 aromatic rings. The number of rotatable bonds is 5. The lowest BCUT2D eigenvalue weighted by Crippen LogP contribution is -2.45. The maximum atomic E-state index is 13.1. The van der Waals surface area contributed by atoms with E-state index < -0.39 is 29.7 Å². The number of hydrazine groups is 1. The van der Waals surface area contributed by atoms with E-state index in [1.165, 1.54) is 41.3 Å². The van der Waals surface area contributed by atoms with Crippen LogP contribution >= 0.6 is 11.8 Å². The van der Waals surface area contributed by atoms with E-state index in [4.69, 9.17) is 11.1 Å². The molecule has 0 bridgehead atoms. The van der Waals surface area contributed by atoms with Crippen LogP contribution in [0, 0.1) is 11.3 Å². The van der Waals surface area contributed by atoms with Gasteiger partial charge in [0.25, 0.3) is 0 Å². The van der Waals surface area contributed by atoms with E-state index in [0.717, 1.165) is 29.3 Å². The number of nitrogens with zero attached hydrogens (tertiary/aromatic N) is 6. The maximum Gasteiger partial charge on any atom is 0.573 e. The van der Waals surface area contributed by atoms with E-state index >= 15 is 0 Å². The fourth-order valence-corrected chi connectivity index (χ4v) is 4.04. The van der Waals surface area contributed by atoms with Gasteiger partial charge in [-0.25, -0.2) is 20.7 Å². The van der Waals surface area contributed by atoms with Crippen molar-refractivity contribution in [3.05, 3.63) is 72.1 Å². The number of anilines is 1. The fourth-order valence-electron chi connectivity index (χ4n) is 3.50. The molecule has 2 aromatic carbocycles. The molecule has 0 radical (unpaired) electrons. The Morgan fingerprint density at radius 3 is 2.32 bits per heavy atom. The van der Waals surface area contributed by atoms with Crippen molar-refractivity contribution < 1.29 is 35.9 Å². The Kier molecular flexibility index (Phi) is 7.24. The Morgan fingerprint density at radius 1 is 1.11 bits per heavy atom. The normalized spacial score (nSPS) is 15.7. The number of hydrogen-bond acceptors (Lipinski definition) is 7. The number of alkyl halides is 6. The number of thioether (sulfide) groups is 1. The van der Waals surface area contributed by atoms with Crippen LogP contribution in [0.3, 0.4) is 0 Å². The molecule has 1 aliphatic rings. The van der Waals surface area contributed by atoms with Gasteiger partial charge in [-0.3, -0.25) is 4.68 Å². The number of ether oxygens (including phenoxy) is 1. The third kappa shape index (κ3) is 6.36. The molecule has 198 valence electrons. The van der Waals surface area contributed by atoms with Crippen LogP contribution < -0.4 is 15.6 Å². The summed E-state index contributed by atoms with van der Waals surface area (Å²) < 4.78 is 80.5. The van der Waals surface area contributed by atoms with Gasteiger partial charge < -0.3 is 4.74 Å². The first-order valence-electron chi connectivity index (χ1n) is 10.4. The molecule has 0 aliphatic carbocycles. The van der Waals surface area contributed by atoms with Crippen molar-refractivity contribution in [2.45, 2.75) is 22.8 Å². The quantitative estimate of drug-likeness (QED) is 0.155. The zero-order valence-corrected chi connectivity index (χ0v) is 19.6. The van der Waals surface area contributed by atoms with E-state index in [9.17, 15) is 31.1 Å². The molecule has 1 unspecified atom stereocenters. The first-order valence-corrected chi connectivity index (χ1v) is 11.3. The highest BCUT2D eigenvalue weighted by atomic mass is 32.2. The van der Waals surface area contributed by atoms with E-state index in [1.54, 1.807) is 0 Å². The largest absolute Gasteiger partial charge is 0.573 e. The Labute approximate surface area is 214 Å². The summed E-state index contributed by atoms with van der Waals surface area (Å²) in [6, 6.07) is 9.89. The highest BCUT2D eigenvalue weighted by molar-refractivity contribution is 8.00. The molecule has 9 nitrogen and oxygen atoms in total. The minimum atomic E-state index is -4.89. The van der Waals surface area contributed by atoms with Gasteiger partial charge in [-0.1, -0.05) is 12.1 Å². The first-order chi connectivity index (χ1) is 17.8. The van der Waals surface area contributed by atoms with Gasteiger partial charge in [0.15, 0.2) is 0 Å². The van der Waals surface area contributed by atoms with Crippen molar-refractivity contribution in [2.75, 3.05) is 11.6 Å². The molecule has 16 heteroatoms. The van der Waals surface area contributed by atoms with E-state index in [-0.39, 0.29) is 40.2 Å². The van der Waals surface area contributed by atoms with E-state index in [1.807, 2.05) is 6.07 Å². The molecule has 0 spiro atoms. The number of halogens is 6. The Balaban J connectivity index is 1.60. The minimum absolute atomic E-state index is 0.0316. The molecular weight excluding hydrogens is 540 g/mol. The first kappa shape index (κ1) is 26.8. The number of nitriles is 1. The highest BCUT2D eigenvalue weighted by Crippen LogP contribution is 2.37. The van der Waals surface area contributed by atoms with Crippen LogP contribution in [0.2, 0.25) is 0 Å². The average Bonchev–Trinajstić information content (AvgIpc) is 3.49. The fraction of sp³-hybridized carbons (Fsp3) is 0.182. The van der Waals surface area contributed by atoms with Crippen LogP contribution in [0.25, 0.3) is 0 Å². The summed E-state index contributed by atoms with van der Waals surface area (Å²) in [6.45, 7) is -0.108. The van der Waals surface area contributed by atoms with Crippen LogP contribution in [-0.4, -0.2) is 44.9 Å². The van der Waals surface area contributed by atoms with Crippen molar-refractivity contribution in [3.63, 3.8) is 0 Å². The van der Waals surface area contributed by atoms with Gasteiger partial charge in [0.2, 0.25) is 0 Å². The minimum Gasteiger partial charge on any atom is -0.406 e. The van der Waals surface area contributed by atoms with Crippen molar-refractivity contribution in [3.8, 4) is 11.8 Å². The second-order valence-corrected chi connectivity index (χ2v) is 8.81. The summed E-state index contributed by atoms with van der Waals surface area (Å²) in [5.74, 6) is 5.39. The number of benzene rings is 2. The number of nitrogens with two attached hydrogens (primary N) is 1. The Bertz CT molecular complexity index is 1380. The van der Waals surface area contributed by atoms with Crippen molar-refractivity contribution in [1.29, 1.82) is 5.26 Å². The van der Waals surface area contributed by atoms with Gasteiger partial charge in [-0.15, -0.1) is 13.2 Å². The van der Waals surface area contributed by atoms with Crippen molar-refractivity contribution in [1.82, 2.24) is 14.8 Å². The number of urea groups is 1. The van der Waals surface area contributed by atoms with Crippen molar-refractivity contribution in [2.24, 2.45) is 10.9 Å². The molecule has 2 amide bonds. The third-order valence-electron chi connectivity index (χ3n) is 5.10. The molecule has 1 aliphatic heterocycles. The Morgan fingerprint density at radius 2 is 1.76 bits per heavy atom. The second kappa shape index (κ2) is 10.3. The summed E-state index contributed by atoms with van der Waals surface area (Å²) in [5, 5.41) is 19.2. The molecule has 2 heterocycles. The number of carbonyl (C=O) groups excluding carboxylic acids is 1. The van der Waals surface area contributed by atoms with Crippen LogP contribution in [0.4, 0.5) is 36.8 Å². The number of hydrogen-bond donors (Lipinski definition) is 1. The number of carbonyl (C=O) groups is 1. The van der Waals surface area contributed by atoms with E-state index in [2.05, 4.69) is 14.9 Å². The van der Waals surface area contributed by atoms with Gasteiger partial charge in [-0.05, 0) is 48.2 Å². The Hall–Kier alpha value is -4.23. The van der Waals surface area contributed by atoms with Crippen molar-refractivity contribution >= 4 is 29.2 Å². The van der Waals surface area contributed by atoms with E-state index in [0.29, 0.717) is 10.6 Å². The summed E-state index contributed by atoms with van der Waals surface area (Å²) in [6.07, 6.45) is -2.18. The van der Waals surface area contributed by atoms with Crippen LogP contribution in [0.5, 0.6) is 5.75 Å². The molecule has 2 N–H and O–H groups in total. The molecule has 0 fully saturated rings. The molecule has 4 rings (SSSR count). The maximum absolute atomic E-state index is 13.1. The predicted octanol–water partition coefficient (Wildman–Crippen LogP) is 5.03. The third-order valence-corrected chi connectivity index (χ3v) is 5.84. The monoisotopic (exact) mass is 555 g/mol. The number of hydrazone groups is 1. The van der Waals surface area contributed by atoms with Gasteiger partial charge in [0.05, 0.1) is 29.7 Å². The molecule has 0 saturated carbocycles. The zero-order chi connectivity index (χ0) is 27.7. The predicted molar refractivity (Wildman–Crippen MR) is 123 cm³/mol. The number of aromatic nitrogens is 2. The topological polar surface area (TPSA) is 113 Å². The van der Waals surface area contributed by atoms with Crippen LogP contribution in [-0.2, 0) is 0 Å². The second-order valence-electron chi connectivity index (χ2n) is 7.67. The molecular formula is C22H15F6N7O2S. The number of amides is 2. The lowest BCUT2D eigenvalue weighted by atomic mass is 10.0. The van der Waals surface area contributed by atoms with Gasteiger partial charge in [0, 0.05) is 16.7 Å². The van der Waals surface area contributed by atoms with Gasteiger partial charge in [0.1, 0.15) is 17.9 Å². The van der Waals surface area contributed by atoms with Gasteiger partial charge >= 0.3 is 17.9 Å². The zero-order valence-electron chi connectivity index (χ0n) is 18.8. The van der Waals surface area contributed by atoms with Gasteiger partial charge in [-0.2, -0.15) is 28.6 Å². The standard InChI is InChI=1S/C22H15F6N7O2S/c23-21(24,25)37-16-5-3-15(4-6-16)35(30)20(36)34-12-18(33-11-13(9-29)10-31-33)19(32-34)14-1-7-17(8-2-14)38-22(26,27)28/h1-8,10-11,18H,12,30H2. The smallest absolute Gasteiger partial charge is 0.406 e. The molecule has 38 heavy (non-hydrogen) atoms. The highest BCUT2D eigenvalue weighted by Gasteiger charge is 2.36. The summed E-state index contributed by atoms with van der Waals surface area (Å²) in [5.41, 5.74) is -3.56. The van der Waals surface area contributed by atoms with Crippen LogP contribution in [0.1, 0.15) is 17.2 Å². The lowest BCUT2D eigenvalue weighted by Gasteiger charge is -2.22. The SMILES string of the molecule is N#Cc1cnn(C2CN(C(=O)N(N)c3ccc(OC(F)(F)F)cc3)N=C2c2ccc(SC(F)(F)F)cc2)c1. The molecule has 1 aromatic heterocycles.